The van der Waals surface area contributed by atoms with Gasteiger partial charge in [-0.3, -0.25) is 4.98 Å². The van der Waals surface area contributed by atoms with Crippen molar-refractivity contribution in [2.24, 2.45) is 0 Å². The van der Waals surface area contributed by atoms with Crippen molar-refractivity contribution in [1.82, 2.24) is 4.98 Å². The van der Waals surface area contributed by atoms with Gasteiger partial charge in [-0.2, -0.15) is 0 Å². The van der Waals surface area contributed by atoms with Crippen LogP contribution in [-0.2, 0) is 4.74 Å². The minimum atomic E-state index is -0.216. The average Bonchev–Trinajstić information content (AvgIpc) is 2.84. The van der Waals surface area contributed by atoms with E-state index in [-0.39, 0.29) is 11.7 Å². The number of pyridine rings is 1. The molecule has 4 heteroatoms. The van der Waals surface area contributed by atoms with Gasteiger partial charge >= 0.3 is 0 Å². The van der Waals surface area contributed by atoms with E-state index in [1.807, 2.05) is 58.0 Å². The van der Waals surface area contributed by atoms with Crippen molar-refractivity contribution in [2.45, 2.75) is 39.4 Å². The van der Waals surface area contributed by atoms with Crippen molar-refractivity contribution >= 4 is 0 Å². The molecule has 1 aliphatic rings. The van der Waals surface area contributed by atoms with Crippen LogP contribution in [0, 0.1) is 6.92 Å². The zero-order chi connectivity index (χ0) is 15.7. The molecule has 0 radical (unpaired) electrons. The monoisotopic (exact) mass is 299 g/mol. The van der Waals surface area contributed by atoms with E-state index in [4.69, 9.17) is 14.2 Å². The lowest BCUT2D eigenvalue weighted by Crippen LogP contribution is -2.23. The van der Waals surface area contributed by atoms with Crippen LogP contribution in [0.25, 0.3) is 0 Å². The van der Waals surface area contributed by atoms with Gasteiger partial charge in [0.15, 0.2) is 11.5 Å². The van der Waals surface area contributed by atoms with Gasteiger partial charge in [0.2, 0.25) is 0 Å². The fourth-order valence-electron chi connectivity index (χ4n) is 2.49. The second-order valence-electron chi connectivity index (χ2n) is 6.39. The second kappa shape index (κ2) is 5.61. The van der Waals surface area contributed by atoms with E-state index in [0.29, 0.717) is 12.4 Å². The lowest BCUT2D eigenvalue weighted by Gasteiger charge is -2.24. The third kappa shape index (κ3) is 3.07. The zero-order valence-corrected chi connectivity index (χ0v) is 13.4. The van der Waals surface area contributed by atoms with Crippen LogP contribution in [0.15, 0.2) is 36.5 Å². The third-order valence-electron chi connectivity index (χ3n) is 3.41. The predicted molar refractivity (Wildman–Crippen MR) is 84.6 cm³/mol. The lowest BCUT2D eigenvalue weighted by molar-refractivity contribution is -0.0672. The van der Waals surface area contributed by atoms with Crippen LogP contribution in [0.1, 0.15) is 38.1 Å². The molecule has 3 rings (SSSR count). The van der Waals surface area contributed by atoms with Crippen molar-refractivity contribution < 1.29 is 14.2 Å². The largest absolute Gasteiger partial charge is 0.486 e. The Morgan fingerprint density at radius 1 is 1.14 bits per heavy atom. The first-order valence-electron chi connectivity index (χ1n) is 7.47. The normalized spacial score (nSPS) is 17.0. The Kier molecular flexibility index (Phi) is 3.79. The molecule has 1 aromatic carbocycles. The van der Waals surface area contributed by atoms with E-state index in [1.54, 1.807) is 6.20 Å². The van der Waals surface area contributed by atoms with E-state index in [2.05, 4.69) is 4.98 Å². The molecule has 2 aromatic rings. The second-order valence-corrected chi connectivity index (χ2v) is 6.39. The summed E-state index contributed by atoms with van der Waals surface area (Å²) in [6.07, 6.45) is 1.69. The van der Waals surface area contributed by atoms with Crippen LogP contribution in [0.4, 0.5) is 0 Å². The summed E-state index contributed by atoms with van der Waals surface area (Å²) in [5.74, 6) is 2.20. The summed E-state index contributed by atoms with van der Waals surface area (Å²) < 4.78 is 17.9. The van der Waals surface area contributed by atoms with Gasteiger partial charge in [0.25, 0.3) is 0 Å². The van der Waals surface area contributed by atoms with Crippen LogP contribution in [0.2, 0.25) is 0 Å². The molecular weight excluding hydrogens is 278 g/mol. The molecule has 0 aliphatic carbocycles. The Hall–Kier alpha value is -2.07. The summed E-state index contributed by atoms with van der Waals surface area (Å²) in [5.41, 5.74) is 1.67. The molecule has 0 bridgehead atoms. The van der Waals surface area contributed by atoms with Crippen molar-refractivity contribution in [3.8, 4) is 17.2 Å². The molecule has 4 nitrogen and oxygen atoms in total. The van der Waals surface area contributed by atoms with Crippen molar-refractivity contribution in [2.75, 3.05) is 6.61 Å². The van der Waals surface area contributed by atoms with E-state index < -0.39 is 0 Å². The van der Waals surface area contributed by atoms with Gasteiger partial charge in [-0.15, -0.1) is 0 Å². The molecule has 0 spiro atoms. The number of ether oxygens (including phenoxy) is 3. The first kappa shape index (κ1) is 14.9. The van der Waals surface area contributed by atoms with Gasteiger partial charge in [0.05, 0.1) is 11.3 Å². The molecule has 0 saturated heterocycles. The fourth-order valence-corrected chi connectivity index (χ4v) is 2.49. The molecule has 0 saturated carbocycles. The Morgan fingerprint density at radius 2 is 1.91 bits per heavy atom. The number of para-hydroxylation sites is 1. The van der Waals surface area contributed by atoms with E-state index >= 15 is 0 Å². The van der Waals surface area contributed by atoms with E-state index in [0.717, 1.165) is 22.8 Å². The van der Waals surface area contributed by atoms with Crippen LogP contribution in [0.5, 0.6) is 17.2 Å². The van der Waals surface area contributed by atoms with Gasteiger partial charge < -0.3 is 14.2 Å². The first-order chi connectivity index (χ1) is 10.4. The maximum Gasteiger partial charge on any atom is 0.169 e. The number of benzene rings is 1. The molecule has 0 N–H and O–H groups in total. The van der Waals surface area contributed by atoms with Gasteiger partial charge in [-0.1, -0.05) is 12.1 Å². The number of aryl methyl sites for hydroxylation is 1. The summed E-state index contributed by atoms with van der Waals surface area (Å²) in [5, 5.41) is 0. The van der Waals surface area contributed by atoms with Crippen LogP contribution >= 0.6 is 0 Å². The van der Waals surface area contributed by atoms with Crippen LogP contribution < -0.4 is 9.47 Å². The molecule has 1 aromatic heterocycles. The minimum Gasteiger partial charge on any atom is -0.486 e. The number of fused-ring (bicyclic) bond motifs is 1. The summed E-state index contributed by atoms with van der Waals surface area (Å²) in [4.78, 5) is 4.24. The highest BCUT2D eigenvalue weighted by Gasteiger charge is 2.31. The molecule has 116 valence electrons. The highest BCUT2D eigenvalue weighted by atomic mass is 16.6. The zero-order valence-electron chi connectivity index (χ0n) is 13.4. The van der Waals surface area contributed by atoms with Crippen LogP contribution in [-0.4, -0.2) is 17.2 Å². The Bertz CT molecular complexity index is 676. The smallest absolute Gasteiger partial charge is 0.169 e. The highest BCUT2D eigenvalue weighted by molar-refractivity contribution is 5.51. The molecule has 22 heavy (non-hydrogen) atoms. The van der Waals surface area contributed by atoms with E-state index in [1.165, 1.54) is 0 Å². The van der Waals surface area contributed by atoms with Gasteiger partial charge in [0, 0.05) is 11.8 Å². The quantitative estimate of drug-likeness (QED) is 0.840. The predicted octanol–water partition coefficient (Wildman–Crippen LogP) is 4.43. The molecule has 0 fully saturated rings. The molecule has 1 aliphatic heterocycles. The summed E-state index contributed by atoms with van der Waals surface area (Å²) >= 11 is 0. The number of nitrogens with zero attached hydrogens (tertiary/aromatic N) is 1. The number of aromatic nitrogens is 1. The fraction of sp³-hybridized carbons (Fsp3) is 0.389. The third-order valence-corrected chi connectivity index (χ3v) is 3.41. The lowest BCUT2D eigenvalue weighted by atomic mass is 10.1. The Balaban J connectivity index is 1.88. The molecule has 0 amide bonds. The van der Waals surface area contributed by atoms with Crippen molar-refractivity contribution in [3.63, 3.8) is 0 Å². The highest BCUT2D eigenvalue weighted by Crippen LogP contribution is 2.44. The number of rotatable bonds is 3. The van der Waals surface area contributed by atoms with E-state index in [9.17, 15) is 0 Å². The van der Waals surface area contributed by atoms with Gasteiger partial charge in [-0.25, -0.2) is 0 Å². The maximum absolute atomic E-state index is 6.06. The Labute approximate surface area is 131 Å². The van der Waals surface area contributed by atoms with Gasteiger partial charge in [0.1, 0.15) is 18.5 Å². The number of hydrogen-bond donors (Lipinski definition) is 0. The summed E-state index contributed by atoms with van der Waals surface area (Å²) in [6, 6.07) is 9.66. The minimum absolute atomic E-state index is 0.0615. The maximum atomic E-state index is 6.06. The topological polar surface area (TPSA) is 40.6 Å². The van der Waals surface area contributed by atoms with Crippen LogP contribution in [0.3, 0.4) is 0 Å². The Morgan fingerprint density at radius 3 is 2.64 bits per heavy atom. The van der Waals surface area contributed by atoms with Gasteiger partial charge in [-0.05, 0) is 45.9 Å². The van der Waals surface area contributed by atoms with Crippen molar-refractivity contribution in [1.29, 1.82) is 0 Å². The molecule has 1 atom stereocenters. The van der Waals surface area contributed by atoms with Crippen molar-refractivity contribution in [3.05, 3.63) is 47.8 Å². The number of hydrogen-bond acceptors (Lipinski definition) is 4. The standard InChI is InChI=1S/C18H21NO3/c1-12-14(9-6-10-19-12)21-15-8-5-7-13-16(11-20-17(13)15)22-18(2,3)4/h5-10,16H,11H2,1-4H3/t16-/m1/s1. The first-order valence-corrected chi connectivity index (χ1v) is 7.47. The summed E-state index contributed by atoms with van der Waals surface area (Å²) in [6.45, 7) is 8.57. The molecule has 0 unspecified atom stereocenters. The average molecular weight is 299 g/mol. The SMILES string of the molecule is Cc1ncccc1Oc1cccc2c1OC[C@H]2OC(C)(C)C. The molecular formula is C18H21NO3. The summed E-state index contributed by atoms with van der Waals surface area (Å²) in [7, 11) is 0. The molecule has 2 heterocycles.